The van der Waals surface area contributed by atoms with Crippen LogP contribution in [0.2, 0.25) is 0 Å². The Labute approximate surface area is 293 Å². The maximum atomic E-state index is 6.17. The fraction of sp³-hybridized carbons (Fsp3) is 1.00. The molecule has 0 rings (SSSR count). The van der Waals surface area contributed by atoms with Gasteiger partial charge in [0.1, 0.15) is 25.8 Å². The van der Waals surface area contributed by atoms with Crippen LogP contribution < -0.4 is 0 Å². The summed E-state index contributed by atoms with van der Waals surface area (Å²) in [5, 5.41) is 0. The topological polar surface area (TPSA) is 64.6 Å². The number of hydrogen-bond acceptors (Lipinski definition) is 7. The van der Waals surface area contributed by atoms with Gasteiger partial charge in [0.25, 0.3) is 0 Å². The fourth-order valence-electron chi connectivity index (χ4n) is 6.90. The molecule has 0 saturated heterocycles. The zero-order valence-corrected chi connectivity index (χ0v) is 32.8. The van der Waals surface area contributed by atoms with Crippen molar-refractivity contribution in [3.63, 3.8) is 0 Å². The minimum atomic E-state index is -0.778. The van der Waals surface area contributed by atoms with Crippen LogP contribution in [0.4, 0.5) is 0 Å². The second-order valence-electron chi connectivity index (χ2n) is 13.6. The Morgan fingerprint density at radius 3 is 0.851 bits per heavy atom. The van der Waals surface area contributed by atoms with Crippen molar-refractivity contribution in [2.75, 3.05) is 42.0 Å². The minimum absolute atomic E-state index is 0.104. The average Bonchev–Trinajstić information content (AvgIpc) is 3.10. The number of rotatable bonds is 38. The van der Waals surface area contributed by atoms with E-state index in [-0.39, 0.29) is 25.8 Å². The van der Waals surface area contributed by atoms with E-state index in [9.17, 15) is 0 Å². The van der Waals surface area contributed by atoms with Crippen molar-refractivity contribution in [2.45, 2.75) is 218 Å². The SMILES string of the molecule is CCCCCCCCCCCCCC(OC)(OC)C(CC)OCOCOC(CC)C(CCCCCCCCCCCCC)(OC)OC. The van der Waals surface area contributed by atoms with E-state index in [1.165, 1.54) is 128 Å². The van der Waals surface area contributed by atoms with Crippen molar-refractivity contribution < 1.29 is 33.2 Å². The third kappa shape index (κ3) is 21.5. The van der Waals surface area contributed by atoms with Gasteiger partial charge in [-0.2, -0.15) is 0 Å². The van der Waals surface area contributed by atoms with Crippen molar-refractivity contribution in [3.05, 3.63) is 0 Å². The lowest BCUT2D eigenvalue weighted by atomic mass is 9.98. The van der Waals surface area contributed by atoms with Crippen LogP contribution in [-0.2, 0) is 33.2 Å². The molecule has 2 unspecified atom stereocenters. The molecule has 0 aliphatic heterocycles. The molecule has 0 saturated carbocycles. The molecule has 284 valence electrons. The molecule has 0 aliphatic rings. The maximum Gasteiger partial charge on any atom is 0.194 e. The number of ether oxygens (including phenoxy) is 7. The highest BCUT2D eigenvalue weighted by Crippen LogP contribution is 2.30. The van der Waals surface area contributed by atoms with E-state index >= 15 is 0 Å². The highest BCUT2D eigenvalue weighted by Gasteiger charge is 2.40. The van der Waals surface area contributed by atoms with E-state index in [0.29, 0.717) is 0 Å². The van der Waals surface area contributed by atoms with E-state index in [1.807, 2.05) is 0 Å². The molecule has 47 heavy (non-hydrogen) atoms. The minimum Gasteiger partial charge on any atom is -0.351 e. The lowest BCUT2D eigenvalue weighted by Crippen LogP contribution is -2.48. The summed E-state index contributed by atoms with van der Waals surface area (Å²) in [6.45, 7) is 8.96. The summed E-state index contributed by atoms with van der Waals surface area (Å²) in [4.78, 5) is 0. The lowest BCUT2D eigenvalue weighted by Gasteiger charge is -2.38. The summed E-state index contributed by atoms with van der Waals surface area (Å²) in [7, 11) is 6.87. The molecule has 0 aromatic carbocycles. The van der Waals surface area contributed by atoms with E-state index in [2.05, 4.69) is 27.7 Å². The molecule has 0 fully saturated rings. The van der Waals surface area contributed by atoms with Gasteiger partial charge in [-0.05, 0) is 25.7 Å². The van der Waals surface area contributed by atoms with E-state index in [4.69, 9.17) is 33.2 Å². The summed E-state index contributed by atoms with van der Waals surface area (Å²) in [6, 6.07) is 0. The quantitative estimate of drug-likeness (QED) is 0.0477. The van der Waals surface area contributed by atoms with Gasteiger partial charge in [0.2, 0.25) is 0 Å². The maximum absolute atomic E-state index is 6.17. The summed E-state index contributed by atoms with van der Waals surface area (Å²) in [5.74, 6) is -1.56. The summed E-state index contributed by atoms with van der Waals surface area (Å²) >= 11 is 0. The molecular formula is C40H82O7. The summed E-state index contributed by atoms with van der Waals surface area (Å²) in [6.07, 6.45) is 31.5. The molecule has 7 heteroatoms. The van der Waals surface area contributed by atoms with E-state index in [1.54, 1.807) is 28.4 Å². The Morgan fingerprint density at radius 2 is 0.617 bits per heavy atom. The van der Waals surface area contributed by atoms with E-state index < -0.39 is 11.6 Å². The molecule has 0 aromatic rings. The average molecular weight is 675 g/mol. The molecule has 7 nitrogen and oxygen atoms in total. The predicted octanol–water partition coefficient (Wildman–Crippen LogP) is 11.9. The molecule has 0 aliphatic carbocycles. The van der Waals surface area contributed by atoms with Crippen molar-refractivity contribution in [2.24, 2.45) is 0 Å². The Hall–Kier alpha value is -0.280. The third-order valence-corrected chi connectivity index (χ3v) is 10.1. The van der Waals surface area contributed by atoms with Crippen LogP contribution in [-0.4, -0.2) is 65.8 Å². The van der Waals surface area contributed by atoms with Crippen LogP contribution in [0.5, 0.6) is 0 Å². The lowest BCUT2D eigenvalue weighted by molar-refractivity contribution is -0.306. The van der Waals surface area contributed by atoms with Gasteiger partial charge in [-0.15, -0.1) is 0 Å². The second-order valence-corrected chi connectivity index (χ2v) is 13.6. The molecule has 0 radical (unpaired) electrons. The smallest absolute Gasteiger partial charge is 0.194 e. The van der Waals surface area contributed by atoms with Crippen LogP contribution in [0.3, 0.4) is 0 Å². The Morgan fingerprint density at radius 1 is 0.362 bits per heavy atom. The summed E-state index contributed by atoms with van der Waals surface area (Å²) in [5.41, 5.74) is 0. The normalized spacial score (nSPS) is 13.8. The molecule has 0 N–H and O–H groups in total. The van der Waals surface area contributed by atoms with Crippen LogP contribution in [0.25, 0.3) is 0 Å². The highest BCUT2D eigenvalue weighted by atomic mass is 16.8. The molecule has 0 bridgehead atoms. The standard InChI is InChI=1S/C40H82O7/c1-9-13-15-17-19-21-23-25-27-29-31-33-39(41-5,42-6)37(11-3)46-35-45-36-47-38(12-4)40(43-7,44-8)34-32-30-28-26-24-22-20-18-16-14-10-2/h37-38H,9-36H2,1-8H3. The first kappa shape index (κ1) is 46.7. The van der Waals surface area contributed by atoms with Gasteiger partial charge >= 0.3 is 0 Å². The predicted molar refractivity (Wildman–Crippen MR) is 197 cm³/mol. The molecule has 0 amide bonds. The van der Waals surface area contributed by atoms with Crippen molar-refractivity contribution in [3.8, 4) is 0 Å². The van der Waals surface area contributed by atoms with Gasteiger partial charge in [-0.3, -0.25) is 0 Å². The number of unbranched alkanes of at least 4 members (excludes halogenated alkanes) is 20. The largest absolute Gasteiger partial charge is 0.351 e. The van der Waals surface area contributed by atoms with Crippen LogP contribution in [0.15, 0.2) is 0 Å². The molecule has 0 spiro atoms. The van der Waals surface area contributed by atoms with Gasteiger partial charge in [-0.1, -0.05) is 156 Å². The van der Waals surface area contributed by atoms with Gasteiger partial charge < -0.3 is 33.2 Å². The van der Waals surface area contributed by atoms with Gasteiger partial charge in [-0.25, -0.2) is 0 Å². The zero-order chi connectivity index (χ0) is 34.9. The highest BCUT2D eigenvalue weighted by molar-refractivity contribution is 4.81. The van der Waals surface area contributed by atoms with Crippen LogP contribution in [0.1, 0.15) is 195 Å². The number of hydrogen-bond donors (Lipinski definition) is 0. The van der Waals surface area contributed by atoms with Crippen molar-refractivity contribution >= 4 is 0 Å². The van der Waals surface area contributed by atoms with Crippen LogP contribution in [0, 0.1) is 0 Å². The summed E-state index contributed by atoms with van der Waals surface area (Å²) < 4.78 is 41.9. The van der Waals surface area contributed by atoms with Gasteiger partial charge in [0.05, 0.1) is 0 Å². The van der Waals surface area contributed by atoms with Gasteiger partial charge in [0.15, 0.2) is 11.6 Å². The monoisotopic (exact) mass is 675 g/mol. The van der Waals surface area contributed by atoms with Gasteiger partial charge in [0, 0.05) is 41.3 Å². The molecular weight excluding hydrogens is 592 g/mol. The first-order chi connectivity index (χ1) is 23.0. The third-order valence-electron chi connectivity index (χ3n) is 10.1. The van der Waals surface area contributed by atoms with Crippen molar-refractivity contribution in [1.29, 1.82) is 0 Å². The zero-order valence-electron chi connectivity index (χ0n) is 32.8. The first-order valence-electron chi connectivity index (χ1n) is 20.0. The Balaban J connectivity index is 4.46. The van der Waals surface area contributed by atoms with Crippen LogP contribution >= 0.6 is 0 Å². The second kappa shape index (κ2) is 32.9. The molecule has 0 aromatic heterocycles. The number of methoxy groups -OCH3 is 4. The molecule has 0 heterocycles. The Bertz CT molecular complexity index is 572. The molecule has 2 atom stereocenters. The van der Waals surface area contributed by atoms with E-state index in [0.717, 1.165) is 38.5 Å². The first-order valence-corrected chi connectivity index (χ1v) is 20.0. The fourth-order valence-corrected chi connectivity index (χ4v) is 6.90. The Kier molecular flexibility index (Phi) is 32.7. The van der Waals surface area contributed by atoms with Crippen molar-refractivity contribution in [1.82, 2.24) is 0 Å².